The lowest BCUT2D eigenvalue weighted by Crippen LogP contribution is -2.31. The standard InChI is InChI=1S/C19H17ClN4/c20-18-8-4-7-17(11-18)19(12-21,13-24-15-22-14-23-24)10-9-16-5-2-1-3-6-16/h1-8,11,14-15H,9-10,13H2. The maximum absolute atomic E-state index is 10.0. The first-order valence-corrected chi connectivity index (χ1v) is 8.13. The molecule has 0 spiro atoms. The highest BCUT2D eigenvalue weighted by atomic mass is 35.5. The summed E-state index contributed by atoms with van der Waals surface area (Å²) in [6, 6.07) is 20.2. The largest absolute Gasteiger partial charge is 0.251 e. The quantitative estimate of drug-likeness (QED) is 0.683. The van der Waals surface area contributed by atoms with Gasteiger partial charge in [-0.05, 0) is 36.1 Å². The van der Waals surface area contributed by atoms with Crippen molar-refractivity contribution in [3.63, 3.8) is 0 Å². The number of benzene rings is 2. The number of rotatable bonds is 6. The number of nitrogens with zero attached hydrogens (tertiary/aromatic N) is 4. The zero-order valence-corrected chi connectivity index (χ0v) is 13.9. The molecule has 4 nitrogen and oxygen atoms in total. The zero-order valence-electron chi connectivity index (χ0n) is 13.1. The SMILES string of the molecule is N#CC(CCc1ccccc1)(Cn1cncn1)c1cccc(Cl)c1. The van der Waals surface area contributed by atoms with Crippen LogP contribution in [0.4, 0.5) is 0 Å². The summed E-state index contributed by atoms with van der Waals surface area (Å²) in [4.78, 5) is 3.99. The molecule has 3 aromatic rings. The molecule has 0 N–H and O–H groups in total. The van der Waals surface area contributed by atoms with E-state index in [2.05, 4.69) is 28.3 Å². The van der Waals surface area contributed by atoms with Crippen molar-refractivity contribution in [3.8, 4) is 6.07 Å². The molecule has 5 heteroatoms. The van der Waals surface area contributed by atoms with E-state index in [9.17, 15) is 5.26 Å². The Bertz CT molecular complexity index is 824. The Morgan fingerprint density at radius 3 is 2.62 bits per heavy atom. The van der Waals surface area contributed by atoms with E-state index in [0.717, 1.165) is 12.0 Å². The third-order valence-corrected chi connectivity index (χ3v) is 4.41. The third kappa shape index (κ3) is 3.64. The van der Waals surface area contributed by atoms with Crippen LogP contribution in [0.15, 0.2) is 67.3 Å². The van der Waals surface area contributed by atoms with Gasteiger partial charge in [-0.3, -0.25) is 4.68 Å². The maximum Gasteiger partial charge on any atom is 0.137 e. The molecule has 0 radical (unpaired) electrons. The van der Waals surface area contributed by atoms with Gasteiger partial charge in [0.1, 0.15) is 18.1 Å². The lowest BCUT2D eigenvalue weighted by molar-refractivity contribution is 0.402. The van der Waals surface area contributed by atoms with Crippen LogP contribution in [0.25, 0.3) is 0 Å². The summed E-state index contributed by atoms with van der Waals surface area (Å²) < 4.78 is 1.70. The van der Waals surface area contributed by atoms with Crippen molar-refractivity contribution in [2.75, 3.05) is 0 Å². The van der Waals surface area contributed by atoms with Crippen molar-refractivity contribution in [2.24, 2.45) is 0 Å². The highest BCUT2D eigenvalue weighted by molar-refractivity contribution is 6.30. The van der Waals surface area contributed by atoms with Crippen molar-refractivity contribution >= 4 is 11.6 Å². The van der Waals surface area contributed by atoms with E-state index in [1.165, 1.54) is 11.9 Å². The van der Waals surface area contributed by atoms with E-state index in [-0.39, 0.29) is 0 Å². The molecule has 0 aliphatic heterocycles. The molecular formula is C19H17ClN4. The molecule has 0 saturated carbocycles. The predicted octanol–water partition coefficient (Wildman–Crippen LogP) is 4.03. The van der Waals surface area contributed by atoms with Gasteiger partial charge in [0.05, 0.1) is 12.6 Å². The van der Waals surface area contributed by atoms with Crippen molar-refractivity contribution in [3.05, 3.63) is 83.4 Å². The first kappa shape index (κ1) is 16.2. The van der Waals surface area contributed by atoms with Crippen LogP contribution < -0.4 is 0 Å². The molecule has 24 heavy (non-hydrogen) atoms. The number of aryl methyl sites for hydroxylation is 1. The second kappa shape index (κ2) is 7.29. The molecular weight excluding hydrogens is 320 g/mol. The lowest BCUT2D eigenvalue weighted by atomic mass is 9.77. The van der Waals surface area contributed by atoms with Gasteiger partial charge in [-0.25, -0.2) is 4.98 Å². The van der Waals surface area contributed by atoms with Gasteiger partial charge in [0.25, 0.3) is 0 Å². The number of hydrogen-bond acceptors (Lipinski definition) is 3. The van der Waals surface area contributed by atoms with Gasteiger partial charge in [-0.1, -0.05) is 54.1 Å². The number of aromatic nitrogens is 3. The Kier molecular flexibility index (Phi) is 4.93. The number of nitriles is 1. The molecule has 120 valence electrons. The van der Waals surface area contributed by atoms with Crippen LogP contribution in [-0.2, 0) is 18.4 Å². The molecule has 0 aliphatic carbocycles. The fourth-order valence-corrected chi connectivity index (χ4v) is 3.04. The Labute approximate surface area is 146 Å². The monoisotopic (exact) mass is 336 g/mol. The summed E-state index contributed by atoms with van der Waals surface area (Å²) >= 11 is 6.16. The predicted molar refractivity (Wildman–Crippen MR) is 93.5 cm³/mol. The fourth-order valence-electron chi connectivity index (χ4n) is 2.85. The van der Waals surface area contributed by atoms with E-state index in [0.29, 0.717) is 18.0 Å². The van der Waals surface area contributed by atoms with E-state index >= 15 is 0 Å². The Hall–Kier alpha value is -2.64. The first-order chi connectivity index (χ1) is 11.7. The van der Waals surface area contributed by atoms with Gasteiger partial charge in [0.15, 0.2) is 0 Å². The second-order valence-corrected chi connectivity index (χ2v) is 6.22. The Balaban J connectivity index is 1.94. The van der Waals surface area contributed by atoms with Crippen molar-refractivity contribution < 1.29 is 0 Å². The van der Waals surface area contributed by atoms with Gasteiger partial charge in [-0.15, -0.1) is 0 Å². The summed E-state index contributed by atoms with van der Waals surface area (Å²) in [5.74, 6) is 0. The molecule has 2 aromatic carbocycles. The highest BCUT2D eigenvalue weighted by Gasteiger charge is 2.33. The molecule has 0 saturated heterocycles. The average molecular weight is 337 g/mol. The van der Waals surface area contributed by atoms with Crippen LogP contribution in [-0.4, -0.2) is 14.8 Å². The summed E-state index contributed by atoms with van der Waals surface area (Å²) in [5, 5.41) is 14.8. The van der Waals surface area contributed by atoms with Gasteiger partial charge in [-0.2, -0.15) is 10.4 Å². The van der Waals surface area contributed by atoms with Crippen LogP contribution in [0, 0.1) is 11.3 Å². The molecule has 0 amide bonds. The van der Waals surface area contributed by atoms with Crippen molar-refractivity contribution in [1.29, 1.82) is 5.26 Å². The molecule has 0 fully saturated rings. The first-order valence-electron chi connectivity index (χ1n) is 7.75. The van der Waals surface area contributed by atoms with E-state index in [4.69, 9.17) is 11.6 Å². The van der Waals surface area contributed by atoms with Crippen molar-refractivity contribution in [1.82, 2.24) is 14.8 Å². The summed E-state index contributed by atoms with van der Waals surface area (Å²) in [6.07, 6.45) is 4.60. The van der Waals surface area contributed by atoms with E-state index in [1.807, 2.05) is 42.5 Å². The highest BCUT2D eigenvalue weighted by Crippen LogP contribution is 2.32. The number of halogens is 1. The third-order valence-electron chi connectivity index (χ3n) is 4.17. The average Bonchev–Trinajstić information content (AvgIpc) is 3.12. The second-order valence-electron chi connectivity index (χ2n) is 5.78. The topological polar surface area (TPSA) is 54.5 Å². The molecule has 3 rings (SSSR count). The summed E-state index contributed by atoms with van der Waals surface area (Å²) in [5.41, 5.74) is 1.40. The van der Waals surface area contributed by atoms with Gasteiger partial charge in [0.2, 0.25) is 0 Å². The van der Waals surface area contributed by atoms with Gasteiger partial charge in [0, 0.05) is 5.02 Å². The zero-order chi connectivity index (χ0) is 16.8. The minimum Gasteiger partial charge on any atom is -0.251 e. The molecule has 1 unspecified atom stereocenters. The molecule has 0 bridgehead atoms. The maximum atomic E-state index is 10.0. The van der Waals surface area contributed by atoms with Crippen LogP contribution in [0.3, 0.4) is 0 Å². The lowest BCUT2D eigenvalue weighted by Gasteiger charge is -2.27. The van der Waals surface area contributed by atoms with Crippen LogP contribution >= 0.6 is 11.6 Å². The fraction of sp³-hybridized carbons (Fsp3) is 0.211. The van der Waals surface area contributed by atoms with Crippen molar-refractivity contribution in [2.45, 2.75) is 24.8 Å². The van der Waals surface area contributed by atoms with Gasteiger partial charge < -0.3 is 0 Å². The summed E-state index contributed by atoms with van der Waals surface area (Å²) in [7, 11) is 0. The molecule has 1 atom stereocenters. The normalized spacial score (nSPS) is 13.2. The minimum absolute atomic E-state index is 0.441. The van der Waals surface area contributed by atoms with E-state index in [1.54, 1.807) is 11.0 Å². The smallest absolute Gasteiger partial charge is 0.137 e. The van der Waals surface area contributed by atoms with Crippen LogP contribution in [0.5, 0.6) is 0 Å². The van der Waals surface area contributed by atoms with E-state index < -0.39 is 5.41 Å². The molecule has 1 aromatic heterocycles. The number of hydrogen-bond donors (Lipinski definition) is 0. The minimum atomic E-state index is -0.714. The molecule has 1 heterocycles. The van der Waals surface area contributed by atoms with Crippen LogP contribution in [0.1, 0.15) is 17.5 Å². The van der Waals surface area contributed by atoms with Gasteiger partial charge >= 0.3 is 0 Å². The Morgan fingerprint density at radius 1 is 1.12 bits per heavy atom. The summed E-state index contributed by atoms with van der Waals surface area (Å²) in [6.45, 7) is 0.441. The Morgan fingerprint density at radius 2 is 1.96 bits per heavy atom. The van der Waals surface area contributed by atoms with Crippen LogP contribution in [0.2, 0.25) is 5.02 Å². The molecule has 0 aliphatic rings.